The third-order valence-corrected chi connectivity index (χ3v) is 1.66. The van der Waals surface area contributed by atoms with Gasteiger partial charge in [0.25, 0.3) is 10.1 Å². The summed E-state index contributed by atoms with van der Waals surface area (Å²) in [6, 6.07) is 0. The molecule has 0 aliphatic carbocycles. The van der Waals surface area contributed by atoms with Crippen LogP contribution in [0.15, 0.2) is 0 Å². The molecule has 0 saturated heterocycles. The first-order valence-corrected chi connectivity index (χ1v) is 4.80. The molecule has 60 valence electrons. The molecule has 0 fully saturated rings. The number of hydrogen-bond donors (Lipinski definition) is 3. The van der Waals surface area contributed by atoms with Crippen molar-refractivity contribution >= 4 is 39.3 Å². The van der Waals surface area contributed by atoms with E-state index in [2.05, 4.69) is 30.2 Å². The Morgan fingerprint density at radius 3 is 2.50 bits per heavy atom. The second-order valence-corrected chi connectivity index (χ2v) is 4.25. The van der Waals surface area contributed by atoms with E-state index in [0.717, 1.165) is 0 Å². The van der Waals surface area contributed by atoms with Gasteiger partial charge in [-0.15, -0.1) is 12.6 Å². The second kappa shape index (κ2) is 4.12. The first-order chi connectivity index (χ1) is 4.42. The van der Waals surface area contributed by atoms with E-state index >= 15 is 0 Å². The number of thiol groups is 1. The van der Waals surface area contributed by atoms with Gasteiger partial charge in [-0.2, -0.15) is 8.42 Å². The van der Waals surface area contributed by atoms with Crippen molar-refractivity contribution in [1.29, 1.82) is 0 Å². The molecule has 0 aromatic rings. The Labute approximate surface area is 70.2 Å². The van der Waals surface area contributed by atoms with E-state index in [-0.39, 0.29) is 16.6 Å². The standard InChI is InChI=1S/C3H7NO3S3/c5-10(6,7)2-1-4-3(8)9/h1-2H2,(H2,4,8,9)(H,5,6,7). The third kappa shape index (κ3) is 8.15. The molecule has 0 aromatic heterocycles. The molecule has 0 aliphatic heterocycles. The number of nitrogens with one attached hydrogen (secondary N) is 1. The Bertz CT molecular complexity index is 209. The number of rotatable bonds is 3. The largest absolute Gasteiger partial charge is 0.370 e. The van der Waals surface area contributed by atoms with E-state index < -0.39 is 10.1 Å². The normalized spacial score (nSPS) is 11.0. The van der Waals surface area contributed by atoms with Gasteiger partial charge in [-0.05, 0) is 0 Å². The summed E-state index contributed by atoms with van der Waals surface area (Å²) in [5, 5.41) is 2.46. The van der Waals surface area contributed by atoms with E-state index in [1.54, 1.807) is 0 Å². The molecule has 0 aliphatic rings. The summed E-state index contributed by atoms with van der Waals surface area (Å²) in [4.78, 5) is 0. The molecule has 2 N–H and O–H groups in total. The van der Waals surface area contributed by atoms with Crippen LogP contribution in [-0.2, 0) is 10.1 Å². The van der Waals surface area contributed by atoms with Gasteiger partial charge in [0, 0.05) is 6.54 Å². The smallest absolute Gasteiger partial charge is 0.266 e. The quantitative estimate of drug-likeness (QED) is 0.332. The van der Waals surface area contributed by atoms with Gasteiger partial charge >= 0.3 is 0 Å². The van der Waals surface area contributed by atoms with Crippen LogP contribution in [0.25, 0.3) is 0 Å². The van der Waals surface area contributed by atoms with Crippen LogP contribution in [0.5, 0.6) is 0 Å². The van der Waals surface area contributed by atoms with Crippen molar-refractivity contribution < 1.29 is 13.0 Å². The highest BCUT2D eigenvalue weighted by molar-refractivity contribution is 8.11. The lowest BCUT2D eigenvalue weighted by Gasteiger charge is -1.98. The van der Waals surface area contributed by atoms with Crippen LogP contribution in [0.4, 0.5) is 0 Å². The molecule has 0 heterocycles. The van der Waals surface area contributed by atoms with Crippen LogP contribution < -0.4 is 5.32 Å². The Morgan fingerprint density at radius 2 is 2.20 bits per heavy atom. The predicted molar refractivity (Wildman–Crippen MR) is 46.0 cm³/mol. The minimum absolute atomic E-state index is 0.0845. The maximum Gasteiger partial charge on any atom is 0.266 e. The summed E-state index contributed by atoms with van der Waals surface area (Å²) in [6.45, 7) is 0.0845. The topological polar surface area (TPSA) is 66.4 Å². The fraction of sp³-hybridized carbons (Fsp3) is 0.667. The van der Waals surface area contributed by atoms with E-state index in [4.69, 9.17) is 4.55 Å². The fourth-order valence-corrected chi connectivity index (χ4v) is 0.861. The zero-order chi connectivity index (χ0) is 8.20. The van der Waals surface area contributed by atoms with Gasteiger partial charge < -0.3 is 5.32 Å². The fourth-order valence-electron chi connectivity index (χ4n) is 0.287. The van der Waals surface area contributed by atoms with Crippen molar-refractivity contribution in [2.24, 2.45) is 0 Å². The van der Waals surface area contributed by atoms with Gasteiger partial charge in [-0.3, -0.25) is 4.55 Å². The first kappa shape index (κ1) is 10.2. The SMILES string of the molecule is O=S(=O)(O)CCNC(=S)S. The van der Waals surface area contributed by atoms with Crippen LogP contribution in [-0.4, -0.2) is 29.6 Å². The van der Waals surface area contributed by atoms with Gasteiger partial charge in [-0.25, -0.2) is 0 Å². The molecule has 4 nitrogen and oxygen atoms in total. The molecule has 0 amide bonds. The Hall–Kier alpha value is 0.150. The van der Waals surface area contributed by atoms with Crippen LogP contribution in [0.1, 0.15) is 0 Å². The molecular formula is C3H7NO3S3. The van der Waals surface area contributed by atoms with Crippen LogP contribution in [0.3, 0.4) is 0 Å². The molecular weight excluding hydrogens is 194 g/mol. The highest BCUT2D eigenvalue weighted by Crippen LogP contribution is 1.81. The van der Waals surface area contributed by atoms with Crippen molar-refractivity contribution in [2.45, 2.75) is 0 Å². The summed E-state index contributed by atoms with van der Waals surface area (Å²) in [5.41, 5.74) is 0. The van der Waals surface area contributed by atoms with E-state index in [1.165, 1.54) is 0 Å². The second-order valence-electron chi connectivity index (χ2n) is 1.52. The molecule has 7 heteroatoms. The van der Waals surface area contributed by atoms with Gasteiger partial charge in [0.05, 0.1) is 5.75 Å². The molecule has 0 aromatic carbocycles. The lowest BCUT2D eigenvalue weighted by Crippen LogP contribution is -2.24. The van der Waals surface area contributed by atoms with E-state index in [1.807, 2.05) is 0 Å². The summed E-state index contributed by atoms with van der Waals surface area (Å²) in [5.74, 6) is -0.353. The Morgan fingerprint density at radius 1 is 1.70 bits per heavy atom. The van der Waals surface area contributed by atoms with Crippen molar-refractivity contribution in [2.75, 3.05) is 12.3 Å². The zero-order valence-corrected chi connectivity index (χ0v) is 7.47. The average Bonchev–Trinajstić information content (AvgIpc) is 1.59. The van der Waals surface area contributed by atoms with Gasteiger partial charge in [-0.1, -0.05) is 12.2 Å². The molecule has 0 rings (SSSR count). The predicted octanol–water partition coefficient (Wildman–Crippen LogP) is -0.321. The highest BCUT2D eigenvalue weighted by atomic mass is 32.2. The lowest BCUT2D eigenvalue weighted by molar-refractivity contribution is 0.482. The molecule has 0 atom stereocenters. The minimum atomic E-state index is -3.88. The lowest BCUT2D eigenvalue weighted by atomic mass is 10.8. The summed E-state index contributed by atoms with van der Waals surface area (Å²) >= 11 is 8.13. The van der Waals surface area contributed by atoms with Crippen molar-refractivity contribution in [3.8, 4) is 0 Å². The van der Waals surface area contributed by atoms with Crippen molar-refractivity contribution in [3.63, 3.8) is 0 Å². The summed E-state index contributed by atoms with van der Waals surface area (Å²) in [7, 11) is -3.88. The molecule has 0 radical (unpaired) electrons. The average molecular weight is 201 g/mol. The maximum atomic E-state index is 10.1. The number of thiocarbonyl (C=S) groups is 1. The van der Waals surface area contributed by atoms with Crippen molar-refractivity contribution in [1.82, 2.24) is 5.32 Å². The minimum Gasteiger partial charge on any atom is -0.370 e. The maximum absolute atomic E-state index is 10.1. The van der Waals surface area contributed by atoms with Crippen LogP contribution in [0.2, 0.25) is 0 Å². The number of hydrogen-bond acceptors (Lipinski definition) is 3. The van der Waals surface area contributed by atoms with Crippen LogP contribution in [0, 0.1) is 0 Å². The Balaban J connectivity index is 3.49. The van der Waals surface area contributed by atoms with Gasteiger partial charge in [0.15, 0.2) is 0 Å². The monoisotopic (exact) mass is 201 g/mol. The van der Waals surface area contributed by atoms with E-state index in [9.17, 15) is 8.42 Å². The first-order valence-electron chi connectivity index (χ1n) is 2.34. The molecule has 0 bridgehead atoms. The zero-order valence-electron chi connectivity index (χ0n) is 4.94. The third-order valence-electron chi connectivity index (χ3n) is 0.636. The molecule has 0 saturated carbocycles. The summed E-state index contributed by atoms with van der Waals surface area (Å²) in [6.07, 6.45) is 0. The molecule has 0 spiro atoms. The van der Waals surface area contributed by atoms with Gasteiger partial charge in [0.1, 0.15) is 4.32 Å². The molecule has 0 unspecified atom stereocenters. The van der Waals surface area contributed by atoms with Gasteiger partial charge in [0.2, 0.25) is 0 Å². The van der Waals surface area contributed by atoms with E-state index in [0.29, 0.717) is 0 Å². The van der Waals surface area contributed by atoms with Crippen molar-refractivity contribution in [3.05, 3.63) is 0 Å². The summed E-state index contributed by atoms with van der Waals surface area (Å²) < 4.78 is 28.5. The van der Waals surface area contributed by atoms with Crippen LogP contribution >= 0.6 is 24.8 Å². The Kier molecular flexibility index (Phi) is 4.18. The molecule has 10 heavy (non-hydrogen) atoms. The highest BCUT2D eigenvalue weighted by Gasteiger charge is 2.02.